The van der Waals surface area contributed by atoms with Gasteiger partial charge >= 0.3 is 0 Å². The van der Waals surface area contributed by atoms with E-state index < -0.39 is 0 Å². The molecule has 1 aliphatic rings. The van der Waals surface area contributed by atoms with E-state index in [1.54, 1.807) is 7.11 Å². The minimum absolute atomic E-state index is 0.253. The summed E-state index contributed by atoms with van der Waals surface area (Å²) in [4.78, 5) is 2.46. The highest BCUT2D eigenvalue weighted by Crippen LogP contribution is 2.24. The van der Waals surface area contributed by atoms with Gasteiger partial charge in [0.05, 0.1) is 6.61 Å². The summed E-state index contributed by atoms with van der Waals surface area (Å²) in [6.07, 6.45) is 1.26. The summed E-state index contributed by atoms with van der Waals surface area (Å²) < 4.78 is 5.19. The smallest absolute Gasteiger partial charge is 0.0525 e. The van der Waals surface area contributed by atoms with E-state index in [4.69, 9.17) is 10.5 Å². The van der Waals surface area contributed by atoms with Crippen LogP contribution >= 0.6 is 0 Å². The van der Waals surface area contributed by atoms with E-state index in [2.05, 4.69) is 18.7 Å². The van der Waals surface area contributed by atoms with Crippen LogP contribution in [0.15, 0.2) is 0 Å². The van der Waals surface area contributed by atoms with Crippen molar-refractivity contribution in [2.45, 2.75) is 26.3 Å². The molecule has 0 aromatic rings. The van der Waals surface area contributed by atoms with Gasteiger partial charge in [0.25, 0.3) is 0 Å². The Morgan fingerprint density at radius 3 is 2.62 bits per heavy atom. The molecular weight excluding hydrogens is 164 g/mol. The fourth-order valence-corrected chi connectivity index (χ4v) is 1.96. The standard InChI is InChI=1S/C10H22N2O/c1-10(2,8-13-3)7-12-5-4-9(12)6-11/h9H,4-8,11H2,1-3H3. The van der Waals surface area contributed by atoms with Crippen LogP contribution in [0, 0.1) is 5.41 Å². The number of nitrogens with zero attached hydrogens (tertiary/aromatic N) is 1. The summed E-state index contributed by atoms with van der Waals surface area (Å²) in [5.41, 5.74) is 5.90. The Balaban J connectivity index is 2.30. The van der Waals surface area contributed by atoms with Gasteiger partial charge in [0.1, 0.15) is 0 Å². The molecule has 3 nitrogen and oxygen atoms in total. The second kappa shape index (κ2) is 4.40. The van der Waals surface area contributed by atoms with Gasteiger partial charge < -0.3 is 10.5 Å². The normalized spacial score (nSPS) is 24.5. The van der Waals surface area contributed by atoms with Crippen molar-refractivity contribution in [1.82, 2.24) is 4.90 Å². The van der Waals surface area contributed by atoms with Gasteiger partial charge in [0.2, 0.25) is 0 Å². The summed E-state index contributed by atoms with van der Waals surface area (Å²) in [6, 6.07) is 0.621. The van der Waals surface area contributed by atoms with E-state index in [0.717, 1.165) is 19.7 Å². The zero-order chi connectivity index (χ0) is 9.90. The molecule has 1 aliphatic heterocycles. The van der Waals surface area contributed by atoms with E-state index in [1.807, 2.05) is 0 Å². The van der Waals surface area contributed by atoms with Crippen LogP contribution in [-0.4, -0.2) is 44.3 Å². The molecule has 0 bridgehead atoms. The third-order valence-corrected chi connectivity index (χ3v) is 2.70. The Labute approximate surface area is 81.2 Å². The van der Waals surface area contributed by atoms with Gasteiger partial charge in [0, 0.05) is 38.2 Å². The van der Waals surface area contributed by atoms with E-state index in [1.165, 1.54) is 13.0 Å². The molecule has 0 aromatic heterocycles. The van der Waals surface area contributed by atoms with Crippen LogP contribution in [0.25, 0.3) is 0 Å². The second-order valence-corrected chi connectivity index (χ2v) is 4.75. The molecule has 13 heavy (non-hydrogen) atoms. The largest absolute Gasteiger partial charge is 0.384 e. The monoisotopic (exact) mass is 186 g/mol. The summed E-state index contributed by atoms with van der Waals surface area (Å²) in [5.74, 6) is 0. The molecule has 2 N–H and O–H groups in total. The minimum atomic E-state index is 0.253. The first-order chi connectivity index (χ1) is 6.09. The van der Waals surface area contributed by atoms with Crippen molar-refractivity contribution in [2.24, 2.45) is 11.1 Å². The Morgan fingerprint density at radius 2 is 2.23 bits per heavy atom. The lowest BCUT2D eigenvalue weighted by molar-refractivity contribution is 0.0161. The van der Waals surface area contributed by atoms with Crippen molar-refractivity contribution in [1.29, 1.82) is 0 Å². The Bertz CT molecular complexity index is 157. The van der Waals surface area contributed by atoms with Gasteiger partial charge in [0.15, 0.2) is 0 Å². The van der Waals surface area contributed by atoms with Crippen molar-refractivity contribution < 1.29 is 4.74 Å². The van der Waals surface area contributed by atoms with Gasteiger partial charge in [-0.2, -0.15) is 0 Å². The lowest BCUT2D eigenvalue weighted by Gasteiger charge is -2.44. The van der Waals surface area contributed by atoms with E-state index >= 15 is 0 Å². The molecule has 0 spiro atoms. The van der Waals surface area contributed by atoms with Crippen LogP contribution < -0.4 is 5.73 Å². The molecule has 0 aromatic carbocycles. The lowest BCUT2D eigenvalue weighted by atomic mass is 9.90. The predicted molar refractivity (Wildman–Crippen MR) is 54.7 cm³/mol. The third kappa shape index (κ3) is 2.93. The second-order valence-electron chi connectivity index (χ2n) is 4.75. The van der Waals surface area contributed by atoms with Crippen molar-refractivity contribution >= 4 is 0 Å². The SMILES string of the molecule is COCC(C)(C)CN1CCC1CN. The molecule has 1 rings (SSSR count). The summed E-state index contributed by atoms with van der Waals surface area (Å²) in [7, 11) is 1.76. The van der Waals surface area contributed by atoms with Crippen LogP contribution in [-0.2, 0) is 4.74 Å². The maximum absolute atomic E-state index is 5.64. The topological polar surface area (TPSA) is 38.5 Å². The number of methoxy groups -OCH3 is 1. The Hall–Kier alpha value is -0.120. The zero-order valence-electron chi connectivity index (χ0n) is 9.05. The van der Waals surface area contributed by atoms with Crippen LogP contribution in [0.3, 0.4) is 0 Å². The average Bonchev–Trinajstić information content (AvgIpc) is 1.99. The molecule has 0 amide bonds. The van der Waals surface area contributed by atoms with Crippen LogP contribution in [0.2, 0.25) is 0 Å². The van der Waals surface area contributed by atoms with Gasteiger partial charge in [-0.05, 0) is 6.42 Å². The first-order valence-corrected chi connectivity index (χ1v) is 5.02. The highest BCUT2D eigenvalue weighted by atomic mass is 16.5. The number of likely N-dealkylation sites (tertiary alicyclic amines) is 1. The quantitative estimate of drug-likeness (QED) is 0.686. The van der Waals surface area contributed by atoms with Crippen LogP contribution in [0.5, 0.6) is 0 Å². The first kappa shape index (κ1) is 11.0. The van der Waals surface area contributed by atoms with E-state index in [-0.39, 0.29) is 5.41 Å². The molecule has 0 radical (unpaired) electrons. The number of rotatable bonds is 5. The lowest BCUT2D eigenvalue weighted by Crippen LogP contribution is -2.55. The fourth-order valence-electron chi connectivity index (χ4n) is 1.96. The molecule has 1 atom stereocenters. The summed E-state index contributed by atoms with van der Waals surface area (Å²) in [5, 5.41) is 0. The van der Waals surface area contributed by atoms with Crippen molar-refractivity contribution in [2.75, 3.05) is 33.4 Å². The molecule has 1 saturated heterocycles. The number of nitrogens with two attached hydrogens (primary N) is 1. The van der Waals surface area contributed by atoms with Gasteiger partial charge in [-0.15, -0.1) is 0 Å². The molecule has 0 aliphatic carbocycles. The molecule has 1 heterocycles. The van der Waals surface area contributed by atoms with Gasteiger partial charge in [-0.1, -0.05) is 13.8 Å². The Kier molecular flexibility index (Phi) is 3.71. The van der Waals surface area contributed by atoms with Crippen LogP contribution in [0.4, 0.5) is 0 Å². The summed E-state index contributed by atoms with van der Waals surface area (Å²) in [6.45, 7) is 8.40. The molecule has 78 valence electrons. The van der Waals surface area contributed by atoms with Gasteiger partial charge in [-0.3, -0.25) is 4.90 Å². The number of hydrogen-bond donors (Lipinski definition) is 1. The average molecular weight is 186 g/mol. The van der Waals surface area contributed by atoms with Gasteiger partial charge in [-0.25, -0.2) is 0 Å². The molecule has 3 heteroatoms. The molecule has 1 fully saturated rings. The van der Waals surface area contributed by atoms with Crippen molar-refractivity contribution in [3.8, 4) is 0 Å². The third-order valence-electron chi connectivity index (χ3n) is 2.70. The molecular formula is C10H22N2O. The fraction of sp³-hybridized carbons (Fsp3) is 1.00. The van der Waals surface area contributed by atoms with Crippen molar-refractivity contribution in [3.05, 3.63) is 0 Å². The maximum atomic E-state index is 5.64. The van der Waals surface area contributed by atoms with Crippen molar-refractivity contribution in [3.63, 3.8) is 0 Å². The molecule has 1 unspecified atom stereocenters. The Morgan fingerprint density at radius 1 is 1.54 bits per heavy atom. The highest BCUT2D eigenvalue weighted by molar-refractivity contribution is 4.87. The van der Waals surface area contributed by atoms with Crippen LogP contribution in [0.1, 0.15) is 20.3 Å². The number of ether oxygens (including phenoxy) is 1. The predicted octanol–water partition coefficient (Wildman–Crippen LogP) is 0.692. The minimum Gasteiger partial charge on any atom is -0.384 e. The first-order valence-electron chi connectivity index (χ1n) is 5.02. The summed E-state index contributed by atoms with van der Waals surface area (Å²) >= 11 is 0. The number of hydrogen-bond acceptors (Lipinski definition) is 3. The molecule has 0 saturated carbocycles. The zero-order valence-corrected chi connectivity index (χ0v) is 9.05. The van der Waals surface area contributed by atoms with E-state index in [9.17, 15) is 0 Å². The highest BCUT2D eigenvalue weighted by Gasteiger charge is 2.31. The maximum Gasteiger partial charge on any atom is 0.0525 e. The van der Waals surface area contributed by atoms with E-state index in [0.29, 0.717) is 6.04 Å².